The van der Waals surface area contributed by atoms with E-state index in [0.717, 1.165) is 64.7 Å². The Labute approximate surface area is 109 Å². The molecule has 0 aliphatic carbocycles. The summed E-state index contributed by atoms with van der Waals surface area (Å²) in [4.78, 5) is 12.7. The first kappa shape index (κ1) is 13.8. The molecule has 0 bridgehead atoms. The molecule has 2 aliphatic heterocycles. The van der Waals surface area contributed by atoms with Crippen LogP contribution < -0.4 is 10.6 Å². The van der Waals surface area contributed by atoms with E-state index in [9.17, 15) is 9.90 Å². The van der Waals surface area contributed by atoms with E-state index in [2.05, 4.69) is 15.5 Å². The number of hydrogen-bond acceptors (Lipinski definition) is 4. The highest BCUT2D eigenvalue weighted by Gasteiger charge is 2.22. The van der Waals surface area contributed by atoms with E-state index in [0.29, 0.717) is 12.1 Å². The standard InChI is InChI=1S/C13H25N3O2/c17-10-15-12-4-3-11(14-8-12)5-7-16-6-1-2-13(18)9-16/h10-14,18H,1-9H2,(H,15,17). The second kappa shape index (κ2) is 7.07. The Balaban J connectivity index is 1.61. The van der Waals surface area contributed by atoms with Crippen LogP contribution in [0.2, 0.25) is 0 Å². The van der Waals surface area contributed by atoms with Crippen molar-refractivity contribution in [1.29, 1.82) is 0 Å². The molecule has 0 spiro atoms. The molecule has 5 heteroatoms. The van der Waals surface area contributed by atoms with Gasteiger partial charge in [0.1, 0.15) is 0 Å². The van der Waals surface area contributed by atoms with Crippen molar-refractivity contribution in [2.45, 2.75) is 50.3 Å². The zero-order chi connectivity index (χ0) is 12.8. The number of amides is 1. The second-order valence-corrected chi connectivity index (χ2v) is 5.55. The Morgan fingerprint density at radius 3 is 2.94 bits per heavy atom. The molecule has 18 heavy (non-hydrogen) atoms. The monoisotopic (exact) mass is 255 g/mol. The maximum atomic E-state index is 10.3. The van der Waals surface area contributed by atoms with Crippen LogP contribution in [0.25, 0.3) is 0 Å². The van der Waals surface area contributed by atoms with Crippen LogP contribution in [0.3, 0.4) is 0 Å². The van der Waals surface area contributed by atoms with E-state index < -0.39 is 0 Å². The SMILES string of the molecule is O=CNC1CCC(CCN2CCCC(O)C2)NC1. The summed E-state index contributed by atoms with van der Waals surface area (Å²) in [5.74, 6) is 0. The van der Waals surface area contributed by atoms with Crippen molar-refractivity contribution in [3.8, 4) is 0 Å². The highest BCUT2D eigenvalue weighted by molar-refractivity contribution is 5.46. The summed E-state index contributed by atoms with van der Waals surface area (Å²) in [6.07, 6.45) is 6.07. The molecular formula is C13H25N3O2. The first-order chi connectivity index (χ1) is 8.78. The Bertz CT molecular complexity index is 255. The quantitative estimate of drug-likeness (QED) is 0.590. The van der Waals surface area contributed by atoms with Crippen LogP contribution in [0.4, 0.5) is 0 Å². The maximum Gasteiger partial charge on any atom is 0.207 e. The number of rotatable bonds is 5. The fourth-order valence-corrected chi connectivity index (χ4v) is 2.97. The van der Waals surface area contributed by atoms with Crippen molar-refractivity contribution in [3.63, 3.8) is 0 Å². The lowest BCUT2D eigenvalue weighted by molar-refractivity contribution is -0.110. The van der Waals surface area contributed by atoms with Crippen LogP contribution in [-0.4, -0.2) is 60.8 Å². The van der Waals surface area contributed by atoms with Crippen LogP contribution in [0, 0.1) is 0 Å². The molecule has 0 radical (unpaired) electrons. The number of nitrogens with one attached hydrogen (secondary N) is 2. The number of aliphatic hydroxyl groups is 1. The molecule has 104 valence electrons. The van der Waals surface area contributed by atoms with Gasteiger partial charge in [0.05, 0.1) is 6.10 Å². The number of aliphatic hydroxyl groups excluding tert-OH is 1. The first-order valence-electron chi connectivity index (χ1n) is 7.11. The molecular weight excluding hydrogens is 230 g/mol. The van der Waals surface area contributed by atoms with Crippen molar-refractivity contribution >= 4 is 6.41 Å². The molecule has 2 aliphatic rings. The fourth-order valence-electron chi connectivity index (χ4n) is 2.97. The molecule has 2 rings (SSSR count). The summed E-state index contributed by atoms with van der Waals surface area (Å²) < 4.78 is 0. The van der Waals surface area contributed by atoms with Crippen LogP contribution in [-0.2, 0) is 4.79 Å². The average molecular weight is 255 g/mol. The highest BCUT2D eigenvalue weighted by Crippen LogP contribution is 2.14. The van der Waals surface area contributed by atoms with Crippen LogP contribution in [0.1, 0.15) is 32.1 Å². The van der Waals surface area contributed by atoms with E-state index in [1.165, 1.54) is 0 Å². The van der Waals surface area contributed by atoms with Crippen molar-refractivity contribution in [2.75, 3.05) is 26.2 Å². The molecule has 0 saturated carbocycles. The minimum Gasteiger partial charge on any atom is -0.392 e. The van der Waals surface area contributed by atoms with E-state index in [1.54, 1.807) is 0 Å². The predicted molar refractivity (Wildman–Crippen MR) is 70.3 cm³/mol. The number of hydrogen-bond donors (Lipinski definition) is 3. The first-order valence-corrected chi connectivity index (χ1v) is 7.11. The number of carbonyl (C=O) groups excluding carboxylic acids is 1. The van der Waals surface area contributed by atoms with Gasteiger partial charge in [-0.05, 0) is 45.2 Å². The van der Waals surface area contributed by atoms with Crippen molar-refractivity contribution < 1.29 is 9.90 Å². The largest absolute Gasteiger partial charge is 0.392 e. The Hall–Kier alpha value is -0.650. The topological polar surface area (TPSA) is 64.6 Å². The number of carbonyl (C=O) groups is 1. The van der Waals surface area contributed by atoms with Gasteiger partial charge in [-0.2, -0.15) is 0 Å². The van der Waals surface area contributed by atoms with Gasteiger partial charge in [-0.1, -0.05) is 0 Å². The third kappa shape index (κ3) is 4.23. The summed E-state index contributed by atoms with van der Waals surface area (Å²) in [7, 11) is 0. The maximum absolute atomic E-state index is 10.3. The number of nitrogens with zero attached hydrogens (tertiary/aromatic N) is 1. The lowest BCUT2D eigenvalue weighted by Crippen LogP contribution is -2.49. The lowest BCUT2D eigenvalue weighted by Gasteiger charge is -2.33. The van der Waals surface area contributed by atoms with E-state index >= 15 is 0 Å². The van der Waals surface area contributed by atoms with Gasteiger partial charge in [-0.3, -0.25) is 4.79 Å². The molecule has 3 atom stereocenters. The van der Waals surface area contributed by atoms with Gasteiger partial charge in [0.2, 0.25) is 6.41 Å². The molecule has 0 aromatic heterocycles. The van der Waals surface area contributed by atoms with Gasteiger partial charge in [0.15, 0.2) is 0 Å². The van der Waals surface area contributed by atoms with E-state index in [1.807, 2.05) is 0 Å². The zero-order valence-corrected chi connectivity index (χ0v) is 11.0. The molecule has 3 unspecified atom stereocenters. The number of β-amino-alcohol motifs (C(OH)–C–C–N with tert-alkyl or cyclic N) is 1. The molecule has 2 saturated heterocycles. The molecule has 3 N–H and O–H groups in total. The molecule has 2 fully saturated rings. The predicted octanol–water partition coefficient (Wildman–Crippen LogP) is -0.300. The third-order valence-corrected chi connectivity index (χ3v) is 4.09. The van der Waals surface area contributed by atoms with E-state index in [4.69, 9.17) is 0 Å². The number of likely N-dealkylation sites (tertiary alicyclic amines) is 1. The van der Waals surface area contributed by atoms with Gasteiger partial charge in [-0.25, -0.2) is 0 Å². The van der Waals surface area contributed by atoms with Gasteiger partial charge in [-0.15, -0.1) is 0 Å². The Morgan fingerprint density at radius 2 is 2.28 bits per heavy atom. The molecule has 2 heterocycles. The van der Waals surface area contributed by atoms with Crippen molar-refractivity contribution in [3.05, 3.63) is 0 Å². The van der Waals surface area contributed by atoms with Gasteiger partial charge in [0.25, 0.3) is 0 Å². The normalized spacial score (nSPS) is 34.2. The van der Waals surface area contributed by atoms with Crippen LogP contribution in [0.5, 0.6) is 0 Å². The molecule has 0 aromatic rings. The Morgan fingerprint density at radius 1 is 1.39 bits per heavy atom. The van der Waals surface area contributed by atoms with Gasteiger partial charge >= 0.3 is 0 Å². The summed E-state index contributed by atoms with van der Waals surface area (Å²) in [6, 6.07) is 0.865. The smallest absolute Gasteiger partial charge is 0.207 e. The van der Waals surface area contributed by atoms with Crippen molar-refractivity contribution in [1.82, 2.24) is 15.5 Å². The summed E-state index contributed by atoms with van der Waals surface area (Å²) in [5, 5.41) is 15.9. The molecule has 5 nitrogen and oxygen atoms in total. The minimum absolute atomic E-state index is 0.126. The van der Waals surface area contributed by atoms with E-state index in [-0.39, 0.29) is 6.10 Å². The zero-order valence-electron chi connectivity index (χ0n) is 11.0. The summed E-state index contributed by atoms with van der Waals surface area (Å²) in [6.45, 7) is 3.91. The molecule has 1 amide bonds. The molecule has 0 aromatic carbocycles. The van der Waals surface area contributed by atoms with Crippen molar-refractivity contribution in [2.24, 2.45) is 0 Å². The van der Waals surface area contributed by atoms with Crippen LogP contribution >= 0.6 is 0 Å². The summed E-state index contributed by atoms with van der Waals surface area (Å²) in [5.41, 5.74) is 0. The average Bonchev–Trinajstić information content (AvgIpc) is 2.38. The Kier molecular flexibility index (Phi) is 5.41. The minimum atomic E-state index is -0.126. The fraction of sp³-hybridized carbons (Fsp3) is 0.923. The lowest BCUT2D eigenvalue weighted by atomic mass is 9.98. The van der Waals surface area contributed by atoms with Gasteiger partial charge < -0.3 is 20.6 Å². The van der Waals surface area contributed by atoms with Crippen LogP contribution in [0.15, 0.2) is 0 Å². The van der Waals surface area contributed by atoms with Gasteiger partial charge in [0, 0.05) is 25.2 Å². The number of piperidine rings is 2. The summed E-state index contributed by atoms with van der Waals surface area (Å²) >= 11 is 0. The third-order valence-electron chi connectivity index (χ3n) is 4.09. The highest BCUT2D eigenvalue weighted by atomic mass is 16.3. The second-order valence-electron chi connectivity index (χ2n) is 5.55.